The van der Waals surface area contributed by atoms with Gasteiger partial charge < -0.3 is 14.8 Å². The fourth-order valence-electron chi connectivity index (χ4n) is 1.43. The molecule has 0 spiro atoms. The first-order valence-electron chi connectivity index (χ1n) is 5.86. The van der Waals surface area contributed by atoms with Gasteiger partial charge in [-0.2, -0.15) is 0 Å². The number of thiophene rings is 1. The summed E-state index contributed by atoms with van der Waals surface area (Å²) in [4.78, 5) is 11.6. The minimum Gasteiger partial charge on any atom is -0.494 e. The van der Waals surface area contributed by atoms with E-state index in [2.05, 4.69) is 14.8 Å². The number of rotatable bonds is 8. The average molecular weight is 322 g/mol. The molecule has 0 atom stereocenters. The van der Waals surface area contributed by atoms with Crippen LogP contribution in [-0.2, 0) is 14.8 Å². The van der Waals surface area contributed by atoms with E-state index >= 15 is 0 Å². The van der Waals surface area contributed by atoms with Crippen LogP contribution in [0.15, 0.2) is 10.3 Å². The summed E-state index contributed by atoms with van der Waals surface area (Å²) in [6.45, 7) is 1.01. The number of carbonyl (C=O) groups is 1. The molecule has 0 aliphatic carbocycles. The topological polar surface area (TPSA) is 93.7 Å². The van der Waals surface area contributed by atoms with E-state index in [1.165, 1.54) is 20.3 Å². The van der Waals surface area contributed by atoms with E-state index in [9.17, 15) is 13.2 Å². The van der Waals surface area contributed by atoms with Gasteiger partial charge in [0.2, 0.25) is 0 Å². The van der Waals surface area contributed by atoms with Crippen molar-refractivity contribution >= 4 is 27.3 Å². The Balaban J connectivity index is 2.93. The van der Waals surface area contributed by atoms with Crippen molar-refractivity contribution in [3.05, 3.63) is 10.9 Å². The van der Waals surface area contributed by atoms with E-state index in [0.717, 1.165) is 11.3 Å². The molecule has 1 aromatic rings. The van der Waals surface area contributed by atoms with E-state index in [1.54, 1.807) is 7.05 Å². The van der Waals surface area contributed by atoms with Gasteiger partial charge in [-0.3, -0.25) is 0 Å². The summed E-state index contributed by atoms with van der Waals surface area (Å²) in [5.41, 5.74) is 0. The standard InChI is InChI=1S/C11H18N2O5S2/c1-12-5-4-6-13-20(15,16)11-8(17-2)7-9(19-11)10(14)18-3/h7,12-13H,4-6H2,1-3H3. The summed E-state index contributed by atoms with van der Waals surface area (Å²) in [6, 6.07) is 1.36. The van der Waals surface area contributed by atoms with Gasteiger partial charge in [0.05, 0.1) is 14.2 Å². The van der Waals surface area contributed by atoms with Crippen molar-refractivity contribution in [2.75, 3.05) is 34.4 Å². The molecule has 0 aliphatic heterocycles. The highest BCUT2D eigenvalue weighted by Gasteiger charge is 2.25. The highest BCUT2D eigenvalue weighted by molar-refractivity contribution is 7.91. The van der Waals surface area contributed by atoms with Crippen LogP contribution < -0.4 is 14.8 Å². The monoisotopic (exact) mass is 322 g/mol. The predicted molar refractivity (Wildman–Crippen MR) is 75.9 cm³/mol. The van der Waals surface area contributed by atoms with Gasteiger partial charge >= 0.3 is 5.97 Å². The number of esters is 1. The van der Waals surface area contributed by atoms with Gasteiger partial charge in [-0.1, -0.05) is 0 Å². The van der Waals surface area contributed by atoms with Gasteiger partial charge in [-0.25, -0.2) is 17.9 Å². The third kappa shape index (κ3) is 4.17. The van der Waals surface area contributed by atoms with Crippen molar-refractivity contribution in [1.82, 2.24) is 10.0 Å². The molecule has 0 radical (unpaired) electrons. The Bertz CT molecular complexity index is 553. The molecule has 0 aromatic carbocycles. The average Bonchev–Trinajstić information content (AvgIpc) is 2.88. The summed E-state index contributed by atoms with van der Waals surface area (Å²) in [5.74, 6) is -0.457. The number of sulfonamides is 1. The number of hydrogen-bond donors (Lipinski definition) is 2. The second-order valence-electron chi connectivity index (χ2n) is 3.81. The summed E-state index contributed by atoms with van der Waals surface area (Å²) in [6.07, 6.45) is 0.660. The van der Waals surface area contributed by atoms with Crippen molar-refractivity contribution in [1.29, 1.82) is 0 Å². The van der Waals surface area contributed by atoms with Crippen LogP contribution in [0.2, 0.25) is 0 Å². The number of carbonyl (C=O) groups excluding carboxylic acids is 1. The highest BCUT2D eigenvalue weighted by Crippen LogP contribution is 2.33. The minimum absolute atomic E-state index is 0.0233. The molecule has 1 aromatic heterocycles. The van der Waals surface area contributed by atoms with Crippen molar-refractivity contribution < 1.29 is 22.7 Å². The fraction of sp³-hybridized carbons (Fsp3) is 0.545. The van der Waals surface area contributed by atoms with Gasteiger partial charge in [-0.15, -0.1) is 11.3 Å². The first-order chi connectivity index (χ1) is 9.46. The van der Waals surface area contributed by atoms with Crippen molar-refractivity contribution in [2.45, 2.75) is 10.6 Å². The van der Waals surface area contributed by atoms with Crippen LogP contribution in [0.25, 0.3) is 0 Å². The Morgan fingerprint density at radius 2 is 2.05 bits per heavy atom. The zero-order valence-electron chi connectivity index (χ0n) is 11.6. The van der Waals surface area contributed by atoms with Crippen LogP contribution in [0.1, 0.15) is 16.1 Å². The van der Waals surface area contributed by atoms with Gasteiger partial charge in [0, 0.05) is 12.6 Å². The molecule has 1 rings (SSSR count). The normalized spacial score (nSPS) is 11.3. The molecular weight excluding hydrogens is 304 g/mol. The summed E-state index contributed by atoms with van der Waals surface area (Å²) in [5, 5.41) is 2.92. The Labute approximate surface area is 122 Å². The van der Waals surface area contributed by atoms with E-state index in [0.29, 0.717) is 19.5 Å². The maximum absolute atomic E-state index is 12.1. The Morgan fingerprint density at radius 3 is 2.60 bits per heavy atom. The fourth-order valence-corrected chi connectivity index (χ4v) is 4.04. The second-order valence-corrected chi connectivity index (χ2v) is 6.83. The van der Waals surface area contributed by atoms with Crippen LogP contribution in [0, 0.1) is 0 Å². The predicted octanol–water partition coefficient (Wildman–Crippen LogP) is 0.431. The van der Waals surface area contributed by atoms with E-state index in [1.807, 2.05) is 0 Å². The zero-order chi connectivity index (χ0) is 15.2. The van der Waals surface area contributed by atoms with Crippen LogP contribution in [0.5, 0.6) is 5.75 Å². The SMILES string of the molecule is CNCCCNS(=O)(=O)c1sc(C(=O)OC)cc1OC. The smallest absolute Gasteiger partial charge is 0.348 e. The first kappa shape index (κ1) is 16.9. The molecule has 0 fully saturated rings. The van der Waals surface area contributed by atoms with Crippen LogP contribution in [0.3, 0.4) is 0 Å². The van der Waals surface area contributed by atoms with Gasteiger partial charge in [0.1, 0.15) is 4.88 Å². The molecule has 0 bridgehead atoms. The summed E-state index contributed by atoms with van der Waals surface area (Å²) in [7, 11) is 0.680. The largest absolute Gasteiger partial charge is 0.494 e. The summed E-state index contributed by atoms with van der Waals surface area (Å²) >= 11 is 0.822. The van der Waals surface area contributed by atoms with Crippen LogP contribution in [0.4, 0.5) is 0 Å². The maximum Gasteiger partial charge on any atom is 0.348 e. The summed E-state index contributed by atoms with van der Waals surface area (Å²) < 4.78 is 36.3. The Hall–Kier alpha value is -1.16. The number of nitrogens with one attached hydrogen (secondary N) is 2. The molecule has 0 unspecified atom stereocenters. The maximum atomic E-state index is 12.1. The molecule has 0 saturated carbocycles. The zero-order valence-corrected chi connectivity index (χ0v) is 13.2. The lowest BCUT2D eigenvalue weighted by molar-refractivity contribution is 0.0606. The van der Waals surface area contributed by atoms with Crippen molar-refractivity contribution in [3.63, 3.8) is 0 Å². The van der Waals surface area contributed by atoms with Crippen molar-refractivity contribution in [2.24, 2.45) is 0 Å². The van der Waals surface area contributed by atoms with Gasteiger partial charge in [-0.05, 0) is 20.0 Å². The number of hydrogen-bond acceptors (Lipinski definition) is 7. The molecule has 2 N–H and O–H groups in total. The molecule has 7 nitrogen and oxygen atoms in total. The lowest BCUT2D eigenvalue weighted by atomic mass is 10.4. The number of ether oxygens (including phenoxy) is 2. The second kappa shape index (κ2) is 7.58. The molecule has 0 aliphatic rings. The molecule has 1 heterocycles. The quantitative estimate of drug-likeness (QED) is 0.532. The lowest BCUT2D eigenvalue weighted by Crippen LogP contribution is -2.26. The first-order valence-corrected chi connectivity index (χ1v) is 8.16. The third-order valence-corrected chi connectivity index (χ3v) is 5.48. The number of methoxy groups -OCH3 is 2. The van der Waals surface area contributed by atoms with E-state index < -0.39 is 16.0 Å². The van der Waals surface area contributed by atoms with Crippen molar-refractivity contribution in [3.8, 4) is 5.75 Å². The van der Waals surface area contributed by atoms with Crippen LogP contribution >= 0.6 is 11.3 Å². The van der Waals surface area contributed by atoms with Gasteiger partial charge in [0.15, 0.2) is 9.96 Å². The molecule has 114 valence electrons. The Kier molecular flexibility index (Phi) is 6.40. The Morgan fingerprint density at radius 1 is 1.35 bits per heavy atom. The van der Waals surface area contributed by atoms with Crippen LogP contribution in [-0.4, -0.2) is 48.7 Å². The molecule has 20 heavy (non-hydrogen) atoms. The third-order valence-electron chi connectivity index (χ3n) is 2.41. The molecule has 9 heteroatoms. The molecular formula is C11H18N2O5S2. The minimum atomic E-state index is -3.70. The molecule has 0 amide bonds. The molecule has 0 saturated heterocycles. The highest BCUT2D eigenvalue weighted by atomic mass is 32.2. The van der Waals surface area contributed by atoms with E-state index in [-0.39, 0.29) is 14.8 Å². The van der Waals surface area contributed by atoms with Gasteiger partial charge in [0.25, 0.3) is 10.0 Å². The lowest BCUT2D eigenvalue weighted by Gasteiger charge is -2.06. The van der Waals surface area contributed by atoms with E-state index in [4.69, 9.17) is 4.74 Å².